The second-order valence-electron chi connectivity index (χ2n) is 4.30. The molecule has 0 aliphatic carbocycles. The van der Waals surface area contributed by atoms with E-state index in [2.05, 4.69) is 11.8 Å². The van der Waals surface area contributed by atoms with E-state index in [0.717, 1.165) is 6.07 Å². The van der Waals surface area contributed by atoms with E-state index in [1.165, 1.54) is 12.1 Å². The van der Waals surface area contributed by atoms with Gasteiger partial charge in [0.1, 0.15) is 24.0 Å². The molecule has 0 atom stereocenters. The van der Waals surface area contributed by atoms with Crippen LogP contribution in [0, 0.1) is 23.5 Å². The maximum absolute atomic E-state index is 13.5. The van der Waals surface area contributed by atoms with Crippen LogP contribution in [0.2, 0.25) is 0 Å². The lowest BCUT2D eigenvalue weighted by molar-refractivity contribution is 0.298. The molecule has 0 aliphatic heterocycles. The number of ether oxygens (including phenoxy) is 1. The molecule has 0 radical (unpaired) electrons. The van der Waals surface area contributed by atoms with Crippen LogP contribution in [0.15, 0.2) is 42.5 Å². The van der Waals surface area contributed by atoms with Gasteiger partial charge in [0, 0.05) is 18.1 Å². The van der Waals surface area contributed by atoms with Gasteiger partial charge in [-0.05, 0) is 24.3 Å². The standard InChI is InChI=1S/C17H14F2O2/c18-15-9-8-14(16(19)11-15)12-21-17-7-2-1-5-13(17)6-3-4-10-20/h1-2,5,7-9,11,20H,4,10,12H2. The molecule has 0 fully saturated rings. The van der Waals surface area contributed by atoms with Gasteiger partial charge < -0.3 is 9.84 Å². The van der Waals surface area contributed by atoms with Gasteiger partial charge in [-0.15, -0.1) is 0 Å². The molecule has 0 spiro atoms. The number of aliphatic hydroxyl groups is 1. The predicted octanol–water partition coefficient (Wildman–Crippen LogP) is 3.28. The highest BCUT2D eigenvalue weighted by atomic mass is 19.1. The van der Waals surface area contributed by atoms with Gasteiger partial charge >= 0.3 is 0 Å². The van der Waals surface area contributed by atoms with E-state index in [-0.39, 0.29) is 18.8 Å². The fourth-order valence-electron chi connectivity index (χ4n) is 1.70. The highest BCUT2D eigenvalue weighted by molar-refractivity contribution is 5.46. The zero-order valence-corrected chi connectivity index (χ0v) is 11.3. The van der Waals surface area contributed by atoms with E-state index in [1.54, 1.807) is 18.2 Å². The van der Waals surface area contributed by atoms with Gasteiger partial charge in [-0.2, -0.15) is 0 Å². The largest absolute Gasteiger partial charge is 0.487 e. The minimum atomic E-state index is -0.640. The van der Waals surface area contributed by atoms with Crippen molar-refractivity contribution in [3.8, 4) is 17.6 Å². The molecule has 0 saturated heterocycles. The van der Waals surface area contributed by atoms with Gasteiger partial charge in [0.25, 0.3) is 0 Å². The SMILES string of the molecule is OCCC#Cc1ccccc1OCc1ccc(F)cc1F. The maximum Gasteiger partial charge on any atom is 0.135 e. The zero-order valence-electron chi connectivity index (χ0n) is 11.3. The third kappa shape index (κ3) is 4.30. The highest BCUT2D eigenvalue weighted by Crippen LogP contribution is 2.19. The Balaban J connectivity index is 2.11. The first-order valence-electron chi connectivity index (χ1n) is 6.46. The fraction of sp³-hybridized carbons (Fsp3) is 0.176. The molecule has 0 heterocycles. The Kier molecular flexibility index (Phi) is 5.30. The van der Waals surface area contributed by atoms with Crippen LogP contribution in [0.5, 0.6) is 5.75 Å². The Morgan fingerprint density at radius 1 is 1.10 bits per heavy atom. The lowest BCUT2D eigenvalue weighted by Crippen LogP contribution is -2.00. The molecule has 2 aromatic rings. The van der Waals surface area contributed by atoms with Crippen molar-refractivity contribution >= 4 is 0 Å². The molecule has 108 valence electrons. The molecular formula is C17H14F2O2. The van der Waals surface area contributed by atoms with E-state index < -0.39 is 11.6 Å². The first-order chi connectivity index (χ1) is 10.2. The van der Waals surface area contributed by atoms with Gasteiger partial charge in [0.15, 0.2) is 0 Å². The van der Waals surface area contributed by atoms with Crippen molar-refractivity contribution < 1.29 is 18.6 Å². The first-order valence-corrected chi connectivity index (χ1v) is 6.46. The summed E-state index contributed by atoms with van der Waals surface area (Å²) in [5.41, 5.74) is 0.933. The van der Waals surface area contributed by atoms with Crippen molar-refractivity contribution in [2.75, 3.05) is 6.61 Å². The molecular weight excluding hydrogens is 274 g/mol. The molecule has 2 aromatic carbocycles. The van der Waals surface area contributed by atoms with Crippen LogP contribution >= 0.6 is 0 Å². The molecule has 0 aliphatic rings. The van der Waals surface area contributed by atoms with Gasteiger partial charge in [0.05, 0.1) is 12.2 Å². The summed E-state index contributed by atoms with van der Waals surface area (Å²) in [6.45, 7) is -0.0123. The van der Waals surface area contributed by atoms with Crippen molar-refractivity contribution in [3.63, 3.8) is 0 Å². The van der Waals surface area contributed by atoms with Crippen LogP contribution in [0.4, 0.5) is 8.78 Å². The van der Waals surface area contributed by atoms with Crippen LogP contribution in [-0.4, -0.2) is 11.7 Å². The molecule has 21 heavy (non-hydrogen) atoms. The number of aliphatic hydroxyl groups excluding tert-OH is 1. The topological polar surface area (TPSA) is 29.5 Å². The van der Waals surface area contributed by atoms with E-state index in [4.69, 9.17) is 9.84 Å². The summed E-state index contributed by atoms with van der Waals surface area (Å²) >= 11 is 0. The van der Waals surface area contributed by atoms with Crippen LogP contribution in [0.3, 0.4) is 0 Å². The Hall–Kier alpha value is -2.38. The Bertz CT molecular complexity index is 672. The Morgan fingerprint density at radius 2 is 1.90 bits per heavy atom. The summed E-state index contributed by atoms with van der Waals surface area (Å²) in [6, 6.07) is 10.5. The minimum absolute atomic E-state index is 0.00316. The quantitative estimate of drug-likeness (QED) is 0.875. The predicted molar refractivity (Wildman–Crippen MR) is 75.7 cm³/mol. The average molecular weight is 288 g/mol. The van der Waals surface area contributed by atoms with E-state index in [0.29, 0.717) is 17.7 Å². The zero-order chi connectivity index (χ0) is 15.1. The molecule has 1 N–H and O–H groups in total. The van der Waals surface area contributed by atoms with Crippen LogP contribution in [-0.2, 0) is 6.61 Å². The minimum Gasteiger partial charge on any atom is -0.487 e. The van der Waals surface area contributed by atoms with Crippen LogP contribution in [0.25, 0.3) is 0 Å². The summed E-state index contributed by atoms with van der Waals surface area (Å²) in [7, 11) is 0. The molecule has 0 aromatic heterocycles. The summed E-state index contributed by atoms with van der Waals surface area (Å²) < 4.78 is 31.9. The summed E-state index contributed by atoms with van der Waals surface area (Å²) in [5, 5.41) is 8.71. The molecule has 2 rings (SSSR count). The number of hydrogen-bond donors (Lipinski definition) is 1. The fourth-order valence-corrected chi connectivity index (χ4v) is 1.70. The van der Waals surface area contributed by atoms with E-state index in [9.17, 15) is 8.78 Å². The second kappa shape index (κ2) is 7.41. The summed E-state index contributed by atoms with van der Waals surface area (Å²) in [5.74, 6) is 4.95. The number of hydrogen-bond acceptors (Lipinski definition) is 2. The number of rotatable bonds is 4. The lowest BCUT2D eigenvalue weighted by atomic mass is 10.2. The Labute approximate surface area is 122 Å². The van der Waals surface area contributed by atoms with Gasteiger partial charge in [-0.3, -0.25) is 0 Å². The third-order valence-electron chi connectivity index (χ3n) is 2.75. The van der Waals surface area contributed by atoms with E-state index >= 15 is 0 Å². The summed E-state index contributed by atoms with van der Waals surface area (Å²) in [4.78, 5) is 0. The number of benzene rings is 2. The summed E-state index contributed by atoms with van der Waals surface area (Å²) in [6.07, 6.45) is 0.376. The molecule has 2 nitrogen and oxygen atoms in total. The monoisotopic (exact) mass is 288 g/mol. The van der Waals surface area contributed by atoms with Gasteiger partial charge in [-0.1, -0.05) is 24.0 Å². The van der Waals surface area contributed by atoms with Crippen molar-refractivity contribution in [1.82, 2.24) is 0 Å². The number of halogens is 2. The maximum atomic E-state index is 13.5. The Morgan fingerprint density at radius 3 is 2.67 bits per heavy atom. The van der Waals surface area contributed by atoms with Crippen molar-refractivity contribution in [3.05, 3.63) is 65.2 Å². The van der Waals surface area contributed by atoms with E-state index in [1.807, 2.05) is 6.07 Å². The van der Waals surface area contributed by atoms with Gasteiger partial charge in [0.2, 0.25) is 0 Å². The van der Waals surface area contributed by atoms with Crippen molar-refractivity contribution in [1.29, 1.82) is 0 Å². The third-order valence-corrected chi connectivity index (χ3v) is 2.75. The van der Waals surface area contributed by atoms with Crippen LogP contribution < -0.4 is 4.74 Å². The molecule has 0 amide bonds. The normalized spacial score (nSPS) is 9.86. The van der Waals surface area contributed by atoms with Crippen molar-refractivity contribution in [2.45, 2.75) is 13.0 Å². The van der Waals surface area contributed by atoms with Crippen molar-refractivity contribution in [2.24, 2.45) is 0 Å². The second-order valence-corrected chi connectivity index (χ2v) is 4.30. The lowest BCUT2D eigenvalue weighted by Gasteiger charge is -2.09. The smallest absolute Gasteiger partial charge is 0.135 e. The van der Waals surface area contributed by atoms with Gasteiger partial charge in [-0.25, -0.2) is 8.78 Å². The van der Waals surface area contributed by atoms with Crippen LogP contribution in [0.1, 0.15) is 17.5 Å². The molecule has 0 unspecified atom stereocenters. The average Bonchev–Trinajstić information content (AvgIpc) is 2.48. The molecule has 4 heteroatoms. The highest BCUT2D eigenvalue weighted by Gasteiger charge is 2.06. The first kappa shape index (κ1) is 15.0. The molecule has 0 bridgehead atoms. The number of para-hydroxylation sites is 1. The molecule has 0 saturated carbocycles.